The van der Waals surface area contributed by atoms with Crippen LogP contribution in [0.15, 0.2) is 0 Å². The highest BCUT2D eigenvalue weighted by molar-refractivity contribution is 4.68. The van der Waals surface area contributed by atoms with E-state index < -0.39 is 0 Å². The van der Waals surface area contributed by atoms with E-state index in [0.29, 0.717) is 45.2 Å². The quantitative estimate of drug-likeness (QED) is 0.165. The van der Waals surface area contributed by atoms with Gasteiger partial charge in [0.25, 0.3) is 0 Å². The zero-order valence-electron chi connectivity index (χ0n) is 10.6. The van der Waals surface area contributed by atoms with Crippen LogP contribution in [0, 0.1) is 0 Å². The first kappa shape index (κ1) is 17.7. The van der Waals surface area contributed by atoms with E-state index in [0.717, 1.165) is 13.2 Å². The second kappa shape index (κ2) is 13.1. The van der Waals surface area contributed by atoms with Gasteiger partial charge in [0, 0.05) is 6.54 Å². The van der Waals surface area contributed by atoms with Gasteiger partial charge in [0.1, 0.15) is 12.2 Å². The third-order valence-electron chi connectivity index (χ3n) is 1.91. The zero-order chi connectivity index (χ0) is 13.6. The fraction of sp³-hybridized carbons (Fsp3) is 1.00. The molecular weight excluding hydrogens is 242 g/mol. The molecule has 0 spiro atoms. The molecule has 2 unspecified atom stereocenters. The minimum absolute atomic E-state index is 0.0972. The lowest BCUT2D eigenvalue weighted by atomic mass is 10.5. The largest absolute Gasteiger partial charge is 0.395 e. The average Bonchev–Trinajstić information content (AvgIpc) is 3.30. The highest BCUT2D eigenvalue weighted by atomic mass is 16.6. The Hall–Kier alpha value is -0.320. The molecule has 0 bridgehead atoms. The maximum atomic E-state index is 7.75. The summed E-state index contributed by atoms with van der Waals surface area (Å²) in [5, 5.41) is 7.75. The highest BCUT2D eigenvalue weighted by Crippen LogP contribution is 2.09. The predicted octanol–water partition coefficient (Wildman–Crippen LogP) is -2.43. The average molecular weight is 267 g/mol. The summed E-state index contributed by atoms with van der Waals surface area (Å²) in [6.07, 6.45) is 0.716. The van der Waals surface area contributed by atoms with Crippen LogP contribution >= 0.6 is 0 Å². The summed E-state index contributed by atoms with van der Waals surface area (Å²) in [4.78, 5) is 0. The number of rotatable bonds is 8. The summed E-state index contributed by atoms with van der Waals surface area (Å²) in [6, 6.07) is 0. The number of nitrogens with two attached hydrogens (primary N) is 3. The molecule has 18 heavy (non-hydrogen) atoms. The molecule has 2 saturated heterocycles. The maximum Gasteiger partial charge on any atom is 0.104 e. The number of aliphatic hydroxyl groups is 1. The predicted molar refractivity (Wildman–Crippen MR) is 65.6 cm³/mol. The molecular formula is C10H25N3O5. The molecule has 0 aromatic rings. The molecule has 0 aliphatic carbocycles. The first-order chi connectivity index (χ1) is 8.86. The number of aliphatic hydroxyl groups excluding tert-OH is 1. The summed E-state index contributed by atoms with van der Waals surface area (Å²) in [6.45, 7) is 4.93. The van der Waals surface area contributed by atoms with Gasteiger partial charge in [0.05, 0.1) is 46.2 Å². The van der Waals surface area contributed by atoms with Gasteiger partial charge in [-0.15, -0.1) is 0 Å². The van der Waals surface area contributed by atoms with Gasteiger partial charge in [-0.05, 0) is 0 Å². The second-order valence-electron chi connectivity index (χ2n) is 3.57. The summed E-state index contributed by atoms with van der Waals surface area (Å²) >= 11 is 0. The molecule has 8 nitrogen and oxygen atoms in total. The fourth-order valence-electron chi connectivity index (χ4n) is 0.876. The Kier molecular flexibility index (Phi) is 12.9. The first-order valence-corrected chi connectivity index (χ1v) is 5.89. The minimum Gasteiger partial charge on any atom is -0.395 e. The molecule has 2 heterocycles. The summed E-state index contributed by atoms with van der Waals surface area (Å²) in [7, 11) is 0. The number of hydrogen-bond acceptors (Lipinski definition) is 8. The summed E-state index contributed by atoms with van der Waals surface area (Å²) < 4.78 is 20.5. The number of epoxide rings is 2. The highest BCUT2D eigenvalue weighted by Gasteiger charge is 2.23. The van der Waals surface area contributed by atoms with Gasteiger partial charge >= 0.3 is 0 Å². The molecule has 0 aromatic carbocycles. The van der Waals surface area contributed by atoms with Crippen LogP contribution in [0.5, 0.6) is 0 Å². The third-order valence-corrected chi connectivity index (χ3v) is 1.91. The van der Waals surface area contributed by atoms with Crippen molar-refractivity contribution in [3.63, 3.8) is 0 Å². The van der Waals surface area contributed by atoms with Crippen molar-refractivity contribution in [3.8, 4) is 0 Å². The smallest absolute Gasteiger partial charge is 0.104 e. The van der Waals surface area contributed by atoms with Crippen LogP contribution < -0.4 is 17.4 Å². The Bertz CT molecular complexity index is 150. The molecule has 0 radical (unpaired) electrons. The molecule has 110 valence electrons. The molecule has 2 aliphatic rings. The van der Waals surface area contributed by atoms with Gasteiger partial charge in [-0.3, -0.25) is 11.7 Å². The van der Waals surface area contributed by atoms with E-state index >= 15 is 0 Å². The SMILES string of the molecule is C(COCC1CO1)OCC1CO1.NCCO.NN. The molecule has 2 aliphatic heterocycles. The second-order valence-corrected chi connectivity index (χ2v) is 3.57. The van der Waals surface area contributed by atoms with E-state index in [1.54, 1.807) is 0 Å². The fourth-order valence-corrected chi connectivity index (χ4v) is 0.876. The number of hydrazine groups is 1. The monoisotopic (exact) mass is 267 g/mol. The van der Waals surface area contributed by atoms with E-state index in [9.17, 15) is 0 Å². The Labute approximate surface area is 107 Å². The Morgan fingerprint density at radius 3 is 1.56 bits per heavy atom. The van der Waals surface area contributed by atoms with Crippen molar-refractivity contribution in [3.05, 3.63) is 0 Å². The van der Waals surface area contributed by atoms with Crippen LogP contribution in [-0.4, -0.2) is 70.1 Å². The standard InChI is InChI=1S/C8H14O4.C2H7NO.H4N2/c1(9-3-7-5-11-7)2-10-4-8-6-12-8;3-1-2-4;1-2/h7-8H,1-6H2;4H,1-3H2;1-2H2. The first-order valence-electron chi connectivity index (χ1n) is 5.89. The van der Waals surface area contributed by atoms with Gasteiger partial charge in [-0.2, -0.15) is 0 Å². The van der Waals surface area contributed by atoms with Crippen LogP contribution in [0.4, 0.5) is 0 Å². The molecule has 0 amide bonds. The van der Waals surface area contributed by atoms with Gasteiger partial charge < -0.3 is 29.8 Å². The Balaban J connectivity index is 0.000000415. The summed E-state index contributed by atoms with van der Waals surface area (Å²) in [5.74, 6) is 8.00. The normalized spacial score (nSPS) is 23.3. The number of hydrogen-bond donors (Lipinski definition) is 4. The Morgan fingerprint density at radius 1 is 1.00 bits per heavy atom. The Morgan fingerprint density at radius 2 is 1.33 bits per heavy atom. The van der Waals surface area contributed by atoms with Crippen LogP contribution in [0.1, 0.15) is 0 Å². The molecule has 8 heteroatoms. The molecule has 2 atom stereocenters. The van der Waals surface area contributed by atoms with E-state index in [1.165, 1.54) is 0 Å². The minimum atomic E-state index is 0.0972. The van der Waals surface area contributed by atoms with Gasteiger partial charge in [-0.25, -0.2) is 0 Å². The number of ether oxygens (including phenoxy) is 4. The van der Waals surface area contributed by atoms with Crippen molar-refractivity contribution in [2.75, 3.05) is 52.8 Å². The van der Waals surface area contributed by atoms with Crippen molar-refractivity contribution >= 4 is 0 Å². The van der Waals surface area contributed by atoms with Crippen LogP contribution in [0.25, 0.3) is 0 Å². The lowest BCUT2D eigenvalue weighted by molar-refractivity contribution is 0.0366. The van der Waals surface area contributed by atoms with E-state index in [1.807, 2.05) is 0 Å². The molecule has 2 rings (SSSR count). The lowest BCUT2D eigenvalue weighted by Crippen LogP contribution is -2.10. The van der Waals surface area contributed by atoms with Gasteiger partial charge in [0.15, 0.2) is 0 Å². The van der Waals surface area contributed by atoms with E-state index in [2.05, 4.69) is 11.7 Å². The molecule has 0 aromatic heterocycles. The van der Waals surface area contributed by atoms with Gasteiger partial charge in [0.2, 0.25) is 0 Å². The van der Waals surface area contributed by atoms with Crippen LogP contribution in [0.3, 0.4) is 0 Å². The van der Waals surface area contributed by atoms with Crippen LogP contribution in [0.2, 0.25) is 0 Å². The van der Waals surface area contributed by atoms with Gasteiger partial charge in [-0.1, -0.05) is 0 Å². The molecule has 0 saturated carbocycles. The van der Waals surface area contributed by atoms with Crippen molar-refractivity contribution in [1.82, 2.24) is 0 Å². The van der Waals surface area contributed by atoms with Crippen molar-refractivity contribution < 1.29 is 24.1 Å². The lowest BCUT2D eigenvalue weighted by Gasteiger charge is -2.02. The van der Waals surface area contributed by atoms with Crippen molar-refractivity contribution in [2.24, 2.45) is 17.4 Å². The third kappa shape index (κ3) is 13.7. The van der Waals surface area contributed by atoms with E-state index in [4.69, 9.17) is 29.8 Å². The van der Waals surface area contributed by atoms with Crippen LogP contribution in [-0.2, 0) is 18.9 Å². The maximum absolute atomic E-state index is 7.75. The topological polar surface area (TPSA) is 142 Å². The van der Waals surface area contributed by atoms with E-state index in [-0.39, 0.29) is 6.61 Å². The summed E-state index contributed by atoms with van der Waals surface area (Å²) in [5.41, 5.74) is 4.78. The molecule has 7 N–H and O–H groups in total. The van der Waals surface area contributed by atoms with Crippen molar-refractivity contribution in [1.29, 1.82) is 0 Å². The van der Waals surface area contributed by atoms with Crippen molar-refractivity contribution in [2.45, 2.75) is 12.2 Å². The zero-order valence-corrected chi connectivity index (χ0v) is 10.6. The molecule has 2 fully saturated rings.